The number of hydroxylamine groups is 1. The van der Waals surface area contributed by atoms with Crippen molar-refractivity contribution in [2.24, 2.45) is 0 Å². The number of halogens is 1. The molecule has 0 radical (unpaired) electrons. The average molecular weight is 576 g/mol. The summed E-state index contributed by atoms with van der Waals surface area (Å²) in [5.41, 5.74) is 2.99. The van der Waals surface area contributed by atoms with Gasteiger partial charge in [0.1, 0.15) is 11.5 Å². The van der Waals surface area contributed by atoms with Crippen LogP contribution in [-0.2, 0) is 14.6 Å². The Morgan fingerprint density at radius 2 is 1.74 bits per heavy atom. The van der Waals surface area contributed by atoms with Crippen LogP contribution < -0.4 is 15.0 Å². The third kappa shape index (κ3) is 6.73. The van der Waals surface area contributed by atoms with Crippen LogP contribution in [0.5, 0.6) is 11.5 Å². The lowest BCUT2D eigenvalue weighted by Crippen LogP contribution is -2.58. The summed E-state index contributed by atoms with van der Waals surface area (Å²) in [6, 6.07) is 16.0. The first-order valence-electron chi connectivity index (χ1n) is 12.8. The number of nitrogens with one attached hydrogen (secondary N) is 1. The van der Waals surface area contributed by atoms with Gasteiger partial charge in [-0.25, -0.2) is 13.9 Å². The van der Waals surface area contributed by atoms with Crippen LogP contribution in [0.25, 0.3) is 5.57 Å². The molecule has 2 aromatic rings. The maximum atomic E-state index is 13.6. The number of ether oxygens (including phenoxy) is 2. The number of methoxy groups -OCH3 is 1. The number of rotatable bonds is 11. The van der Waals surface area contributed by atoms with Gasteiger partial charge in [-0.1, -0.05) is 6.08 Å². The van der Waals surface area contributed by atoms with Gasteiger partial charge in [-0.15, -0.1) is 12.4 Å². The SMILES string of the molecule is COc1ccc(/C(C#N)=C/CCCOc2ccc(S(=O)(=O)C3(C(=O)NO)CCN(C4CC4)CC3)cc2)cc1.Cl. The van der Waals surface area contributed by atoms with Crippen molar-refractivity contribution in [1.82, 2.24) is 10.4 Å². The molecule has 1 saturated heterocycles. The molecule has 1 saturated carbocycles. The molecule has 0 bridgehead atoms. The van der Waals surface area contributed by atoms with E-state index in [0.29, 0.717) is 49.9 Å². The van der Waals surface area contributed by atoms with E-state index in [9.17, 15) is 23.7 Å². The normalized spacial score (nSPS) is 17.4. The van der Waals surface area contributed by atoms with Gasteiger partial charge in [0.05, 0.1) is 30.3 Å². The lowest BCUT2D eigenvalue weighted by atomic mass is 9.94. The smallest absolute Gasteiger partial charge is 0.265 e. The number of sulfone groups is 1. The largest absolute Gasteiger partial charge is 0.497 e. The molecular formula is C28H34ClN3O6S. The molecule has 39 heavy (non-hydrogen) atoms. The Kier molecular flexibility index (Phi) is 10.4. The second-order valence-electron chi connectivity index (χ2n) is 9.63. The number of piperidine rings is 1. The van der Waals surface area contributed by atoms with Crippen LogP contribution in [0.1, 0.15) is 44.1 Å². The monoisotopic (exact) mass is 575 g/mol. The van der Waals surface area contributed by atoms with Crippen LogP contribution >= 0.6 is 12.4 Å². The van der Waals surface area contributed by atoms with Crippen LogP contribution in [0.15, 0.2) is 59.5 Å². The molecule has 1 amide bonds. The zero-order valence-electron chi connectivity index (χ0n) is 21.8. The fourth-order valence-corrected chi connectivity index (χ4v) is 6.82. The minimum Gasteiger partial charge on any atom is -0.497 e. The molecule has 1 aliphatic carbocycles. The number of hydrogen-bond acceptors (Lipinski definition) is 8. The molecule has 2 aromatic carbocycles. The molecule has 0 spiro atoms. The highest BCUT2D eigenvalue weighted by molar-refractivity contribution is 7.93. The first-order valence-corrected chi connectivity index (χ1v) is 14.2. The average Bonchev–Trinajstić information content (AvgIpc) is 3.80. The Morgan fingerprint density at radius 3 is 2.28 bits per heavy atom. The van der Waals surface area contributed by atoms with Crippen molar-refractivity contribution in [3.63, 3.8) is 0 Å². The number of likely N-dealkylation sites (tertiary alicyclic amines) is 1. The third-order valence-corrected chi connectivity index (χ3v) is 9.84. The Hall–Kier alpha value is -3.10. The van der Waals surface area contributed by atoms with Gasteiger partial charge in [0, 0.05) is 19.1 Å². The highest BCUT2D eigenvalue weighted by Crippen LogP contribution is 2.39. The van der Waals surface area contributed by atoms with E-state index in [-0.39, 0.29) is 30.1 Å². The molecule has 0 aromatic heterocycles. The summed E-state index contributed by atoms with van der Waals surface area (Å²) in [5.74, 6) is 0.351. The molecule has 0 unspecified atom stereocenters. The van der Waals surface area contributed by atoms with Crippen LogP contribution in [0, 0.1) is 11.3 Å². The zero-order chi connectivity index (χ0) is 27.2. The van der Waals surface area contributed by atoms with Gasteiger partial charge in [-0.2, -0.15) is 5.26 Å². The molecule has 2 fully saturated rings. The van der Waals surface area contributed by atoms with Crippen LogP contribution in [0.3, 0.4) is 0 Å². The molecule has 1 aliphatic heterocycles. The number of unbranched alkanes of at least 4 members (excludes halogenated alkanes) is 1. The number of amides is 1. The third-order valence-electron chi connectivity index (χ3n) is 7.32. The fraction of sp³-hybridized carbons (Fsp3) is 0.429. The van der Waals surface area contributed by atoms with E-state index >= 15 is 0 Å². The minimum absolute atomic E-state index is 0. The van der Waals surface area contributed by atoms with Gasteiger partial charge >= 0.3 is 0 Å². The van der Waals surface area contributed by atoms with Crippen molar-refractivity contribution >= 4 is 33.7 Å². The van der Waals surface area contributed by atoms with Crippen molar-refractivity contribution in [1.29, 1.82) is 5.26 Å². The molecule has 2 N–H and O–H groups in total. The Morgan fingerprint density at radius 1 is 1.13 bits per heavy atom. The molecule has 0 atom stereocenters. The van der Waals surface area contributed by atoms with E-state index in [0.717, 1.165) is 24.2 Å². The van der Waals surface area contributed by atoms with Crippen molar-refractivity contribution in [3.05, 3.63) is 60.2 Å². The first-order chi connectivity index (χ1) is 18.3. The first kappa shape index (κ1) is 30.4. The molecule has 210 valence electrons. The van der Waals surface area contributed by atoms with Gasteiger partial charge in [0.25, 0.3) is 5.91 Å². The summed E-state index contributed by atoms with van der Waals surface area (Å²) in [4.78, 5) is 14.9. The van der Waals surface area contributed by atoms with Gasteiger partial charge < -0.3 is 14.4 Å². The number of carbonyl (C=O) groups is 1. The number of nitriles is 1. The van der Waals surface area contributed by atoms with Crippen molar-refractivity contribution in [2.45, 2.75) is 54.2 Å². The molecule has 1 heterocycles. The number of hydrogen-bond donors (Lipinski definition) is 2. The molecule has 2 aliphatic rings. The maximum absolute atomic E-state index is 13.6. The quantitative estimate of drug-likeness (QED) is 0.177. The number of carbonyl (C=O) groups excluding carboxylic acids is 1. The number of nitrogens with zero attached hydrogens (tertiary/aromatic N) is 2. The predicted octanol–water partition coefficient (Wildman–Crippen LogP) is 4.16. The van der Waals surface area contributed by atoms with Gasteiger partial charge in [0.15, 0.2) is 14.6 Å². The Bertz CT molecular complexity index is 1290. The van der Waals surface area contributed by atoms with Crippen molar-refractivity contribution in [2.75, 3.05) is 26.8 Å². The van der Waals surface area contributed by atoms with Gasteiger partial charge in [0.2, 0.25) is 0 Å². The zero-order valence-corrected chi connectivity index (χ0v) is 23.5. The summed E-state index contributed by atoms with van der Waals surface area (Å²) < 4.78 is 36.4. The second kappa shape index (κ2) is 13.3. The Balaban J connectivity index is 0.00000420. The highest BCUT2D eigenvalue weighted by Gasteiger charge is 2.53. The topological polar surface area (TPSA) is 129 Å². The standard InChI is InChI=1S/C28H33N3O6S.ClH/c1-36-24-9-5-21(6-10-24)22(20-29)4-2-3-19-37-25-11-13-26(14-12-25)38(34,35)28(27(32)30-33)15-17-31(18-16-28)23-7-8-23;/h4-6,9-14,23,33H,2-3,7-8,15-19H2,1H3,(H,30,32);1H/b22-4+;. The Labute approximate surface area is 235 Å². The minimum atomic E-state index is -4.05. The van der Waals surface area contributed by atoms with E-state index in [4.69, 9.17) is 9.47 Å². The highest BCUT2D eigenvalue weighted by atomic mass is 35.5. The molecular weight excluding hydrogens is 542 g/mol. The predicted molar refractivity (Wildman–Crippen MR) is 149 cm³/mol. The summed E-state index contributed by atoms with van der Waals surface area (Å²) in [6.45, 7) is 1.38. The lowest BCUT2D eigenvalue weighted by Gasteiger charge is -2.39. The second-order valence-corrected chi connectivity index (χ2v) is 11.9. The summed E-state index contributed by atoms with van der Waals surface area (Å²) >= 11 is 0. The summed E-state index contributed by atoms with van der Waals surface area (Å²) in [7, 11) is -2.46. The van der Waals surface area contributed by atoms with E-state index in [2.05, 4.69) is 11.0 Å². The number of allylic oxidation sites excluding steroid dienone is 2. The molecule has 4 rings (SSSR count). The van der Waals surface area contributed by atoms with E-state index in [1.54, 1.807) is 24.7 Å². The molecule has 9 nitrogen and oxygen atoms in total. The van der Waals surface area contributed by atoms with E-state index in [1.165, 1.54) is 12.1 Å². The number of benzene rings is 2. The molecule has 11 heteroatoms. The van der Waals surface area contributed by atoms with Crippen LogP contribution in [0.4, 0.5) is 0 Å². The maximum Gasteiger partial charge on any atom is 0.265 e. The van der Waals surface area contributed by atoms with E-state index in [1.807, 2.05) is 30.3 Å². The lowest BCUT2D eigenvalue weighted by molar-refractivity contribution is -0.133. The van der Waals surface area contributed by atoms with Gasteiger partial charge in [-0.3, -0.25) is 10.0 Å². The fourth-order valence-electron chi connectivity index (χ4n) is 4.87. The summed E-state index contributed by atoms with van der Waals surface area (Å²) in [5, 5.41) is 18.8. The summed E-state index contributed by atoms with van der Waals surface area (Å²) in [6.07, 6.45) is 5.63. The van der Waals surface area contributed by atoms with Gasteiger partial charge in [-0.05, 0) is 92.6 Å². The van der Waals surface area contributed by atoms with Crippen LogP contribution in [0.2, 0.25) is 0 Å². The van der Waals surface area contributed by atoms with Crippen molar-refractivity contribution in [3.8, 4) is 17.6 Å². The van der Waals surface area contributed by atoms with E-state index < -0.39 is 20.5 Å². The van der Waals surface area contributed by atoms with Crippen LogP contribution in [-0.4, -0.2) is 62.0 Å². The van der Waals surface area contributed by atoms with Crippen molar-refractivity contribution < 1.29 is 27.9 Å².